The third-order valence-electron chi connectivity index (χ3n) is 8.92. The van der Waals surface area contributed by atoms with Gasteiger partial charge in [0.1, 0.15) is 6.04 Å². The fourth-order valence-corrected chi connectivity index (χ4v) is 6.50. The fourth-order valence-electron chi connectivity index (χ4n) is 6.50. The Balaban J connectivity index is 1.48. The number of aliphatic carboxylic acids is 1. The van der Waals surface area contributed by atoms with E-state index in [4.69, 9.17) is 5.73 Å². The van der Waals surface area contributed by atoms with E-state index in [0.29, 0.717) is 37.1 Å². The highest BCUT2D eigenvalue weighted by Gasteiger charge is 2.33. The number of rotatable bonds is 17. The van der Waals surface area contributed by atoms with Crippen LogP contribution in [0.5, 0.6) is 0 Å². The smallest absolute Gasteiger partial charge is 0.303 e. The molecule has 5 rings (SSSR count). The zero-order chi connectivity index (χ0) is 34.8. The number of nitrogens with two attached hydrogens (primary N) is 1. The van der Waals surface area contributed by atoms with Gasteiger partial charge in [-0.05, 0) is 53.6 Å². The molecule has 1 heterocycles. The predicted molar refractivity (Wildman–Crippen MR) is 192 cm³/mol. The number of carboxylic acids is 1. The van der Waals surface area contributed by atoms with Gasteiger partial charge in [0, 0.05) is 48.4 Å². The largest absolute Gasteiger partial charge is 0.481 e. The minimum Gasteiger partial charge on any atom is -0.481 e. The van der Waals surface area contributed by atoms with Gasteiger partial charge in [0.25, 0.3) is 5.91 Å². The van der Waals surface area contributed by atoms with Crippen LogP contribution in [0, 0.1) is 0 Å². The van der Waals surface area contributed by atoms with Gasteiger partial charge >= 0.3 is 5.97 Å². The maximum Gasteiger partial charge on any atom is 0.303 e. The van der Waals surface area contributed by atoms with E-state index >= 15 is 0 Å². The first-order chi connectivity index (χ1) is 23.7. The molecule has 2 atom stereocenters. The average molecular weight is 661 g/mol. The van der Waals surface area contributed by atoms with Gasteiger partial charge < -0.3 is 26.0 Å². The lowest BCUT2D eigenvalue weighted by molar-refractivity contribution is -0.139. The minimum absolute atomic E-state index is 0.0538. The predicted octanol–water partition coefficient (Wildman–Crippen LogP) is 6.38. The normalized spacial score (nSPS) is 12.4. The summed E-state index contributed by atoms with van der Waals surface area (Å²) in [6.07, 6.45) is 2.45. The van der Waals surface area contributed by atoms with Crippen LogP contribution < -0.4 is 11.1 Å². The van der Waals surface area contributed by atoms with Gasteiger partial charge in [-0.15, -0.1) is 0 Å². The standard InChI is InChI=1S/C40H44N4O5/c1-2-3-22-44(31(26-36(41)45)24-28-20-21-29-14-7-8-15-30(29)23-28)40(49)34(18-11-19-37(46)47)43-39(48)38-32-16-9-10-17-33(32)42-35(38)25-27-12-5-4-6-13-27/h4-10,12-17,20-21,23,31,34,42H,2-3,11,18-19,22,24-26H2,1H3,(H2,41,45)(H,43,48)(H,46,47)/t31-,34-/m0/s1. The van der Waals surface area contributed by atoms with Crippen molar-refractivity contribution in [1.82, 2.24) is 15.2 Å². The van der Waals surface area contributed by atoms with Crippen molar-refractivity contribution in [3.8, 4) is 0 Å². The molecule has 0 aliphatic carbocycles. The summed E-state index contributed by atoms with van der Waals surface area (Å²) in [5, 5.41) is 15.3. The van der Waals surface area contributed by atoms with Gasteiger partial charge in [-0.25, -0.2) is 0 Å². The Morgan fingerprint density at radius 3 is 2.31 bits per heavy atom. The number of aromatic amines is 1. The molecule has 0 fully saturated rings. The van der Waals surface area contributed by atoms with Gasteiger partial charge in [-0.2, -0.15) is 0 Å². The molecule has 0 aliphatic heterocycles. The van der Waals surface area contributed by atoms with Crippen LogP contribution in [-0.2, 0) is 27.2 Å². The molecule has 3 amide bonds. The van der Waals surface area contributed by atoms with Crippen molar-refractivity contribution in [3.05, 3.63) is 119 Å². The Hall–Kier alpha value is -5.44. The third kappa shape index (κ3) is 9.13. The second-order valence-corrected chi connectivity index (χ2v) is 12.6. The number of carboxylic acid groups (broad SMARTS) is 1. The Morgan fingerprint density at radius 2 is 1.57 bits per heavy atom. The lowest BCUT2D eigenvalue weighted by Gasteiger charge is -2.35. The topological polar surface area (TPSA) is 146 Å². The van der Waals surface area contributed by atoms with Crippen LogP contribution >= 0.6 is 0 Å². The van der Waals surface area contributed by atoms with Crippen molar-refractivity contribution in [2.24, 2.45) is 5.73 Å². The number of unbranched alkanes of at least 4 members (excludes halogenated alkanes) is 1. The molecule has 5 N–H and O–H groups in total. The van der Waals surface area contributed by atoms with E-state index in [0.717, 1.165) is 39.2 Å². The highest BCUT2D eigenvalue weighted by Crippen LogP contribution is 2.26. The molecule has 5 aromatic rings. The van der Waals surface area contributed by atoms with Gasteiger partial charge in [-0.1, -0.05) is 104 Å². The number of H-pyrrole nitrogens is 1. The van der Waals surface area contributed by atoms with Crippen LogP contribution in [0.2, 0.25) is 0 Å². The molecule has 1 aromatic heterocycles. The van der Waals surface area contributed by atoms with Crippen molar-refractivity contribution in [2.75, 3.05) is 6.54 Å². The zero-order valence-electron chi connectivity index (χ0n) is 27.9. The van der Waals surface area contributed by atoms with E-state index in [1.54, 1.807) is 4.90 Å². The summed E-state index contributed by atoms with van der Waals surface area (Å²) >= 11 is 0. The number of hydrogen-bond acceptors (Lipinski definition) is 4. The fraction of sp³-hybridized carbons (Fsp3) is 0.300. The molecule has 0 saturated carbocycles. The Morgan fingerprint density at radius 1 is 0.857 bits per heavy atom. The van der Waals surface area contributed by atoms with Crippen LogP contribution in [0.1, 0.15) is 72.6 Å². The number of fused-ring (bicyclic) bond motifs is 2. The van der Waals surface area contributed by atoms with Crippen molar-refractivity contribution in [2.45, 2.75) is 70.4 Å². The zero-order valence-corrected chi connectivity index (χ0v) is 27.9. The number of carbonyl (C=O) groups is 4. The molecular weight excluding hydrogens is 616 g/mol. The first kappa shape index (κ1) is 34.9. The average Bonchev–Trinajstić information content (AvgIpc) is 3.45. The van der Waals surface area contributed by atoms with Crippen LogP contribution in [0.15, 0.2) is 97.1 Å². The molecule has 0 unspecified atom stereocenters. The van der Waals surface area contributed by atoms with E-state index in [1.165, 1.54) is 0 Å². The number of nitrogens with zero attached hydrogens (tertiary/aromatic N) is 1. The van der Waals surface area contributed by atoms with Crippen LogP contribution in [0.3, 0.4) is 0 Å². The molecule has 4 aromatic carbocycles. The number of nitrogens with one attached hydrogen (secondary N) is 2. The second-order valence-electron chi connectivity index (χ2n) is 12.6. The van der Waals surface area contributed by atoms with E-state index in [1.807, 2.05) is 97.9 Å². The minimum atomic E-state index is -1.02. The van der Waals surface area contributed by atoms with Gasteiger partial charge in [0.2, 0.25) is 11.8 Å². The molecule has 49 heavy (non-hydrogen) atoms. The second kappa shape index (κ2) is 16.6. The number of benzene rings is 4. The van der Waals surface area contributed by atoms with Crippen LogP contribution in [0.25, 0.3) is 21.7 Å². The van der Waals surface area contributed by atoms with E-state index in [-0.39, 0.29) is 31.6 Å². The summed E-state index contributed by atoms with van der Waals surface area (Å²) in [6, 6.07) is 29.8. The molecule has 0 radical (unpaired) electrons. The van der Waals surface area contributed by atoms with Gasteiger partial charge in [0.15, 0.2) is 0 Å². The number of primary amides is 1. The third-order valence-corrected chi connectivity index (χ3v) is 8.92. The van der Waals surface area contributed by atoms with Gasteiger partial charge in [-0.3, -0.25) is 19.2 Å². The molecule has 0 spiro atoms. The van der Waals surface area contributed by atoms with Crippen LogP contribution in [-0.4, -0.2) is 57.3 Å². The number of aromatic nitrogens is 1. The summed E-state index contributed by atoms with van der Waals surface area (Å²) in [7, 11) is 0. The summed E-state index contributed by atoms with van der Waals surface area (Å²) in [5.41, 5.74) is 9.69. The van der Waals surface area contributed by atoms with E-state index in [9.17, 15) is 24.3 Å². The first-order valence-corrected chi connectivity index (χ1v) is 17.0. The SMILES string of the molecule is CCCCN(C(=O)[C@H](CCCC(=O)O)NC(=O)c1c(Cc2ccccc2)[nH]c2ccccc12)[C@H](CC(N)=O)Cc1ccc2ccccc2c1. The summed E-state index contributed by atoms with van der Waals surface area (Å²) in [5.74, 6) is -2.29. The Kier molecular flexibility index (Phi) is 11.8. The highest BCUT2D eigenvalue weighted by atomic mass is 16.4. The van der Waals surface area contributed by atoms with E-state index < -0.39 is 29.9 Å². The molecule has 0 saturated heterocycles. The monoisotopic (exact) mass is 660 g/mol. The maximum absolute atomic E-state index is 14.6. The summed E-state index contributed by atoms with van der Waals surface area (Å²) in [4.78, 5) is 57.8. The quantitative estimate of drug-likeness (QED) is 0.0915. The van der Waals surface area contributed by atoms with Crippen LogP contribution in [0.4, 0.5) is 0 Å². The number of hydrogen-bond donors (Lipinski definition) is 4. The van der Waals surface area contributed by atoms with Crippen molar-refractivity contribution >= 4 is 45.4 Å². The molecule has 0 bridgehead atoms. The number of para-hydroxylation sites is 1. The van der Waals surface area contributed by atoms with Crippen molar-refractivity contribution in [1.29, 1.82) is 0 Å². The molecular formula is C40H44N4O5. The van der Waals surface area contributed by atoms with E-state index in [2.05, 4.69) is 16.4 Å². The lowest BCUT2D eigenvalue weighted by atomic mass is 9.97. The Bertz CT molecular complexity index is 1920. The summed E-state index contributed by atoms with van der Waals surface area (Å²) in [6.45, 7) is 2.38. The molecule has 9 heteroatoms. The van der Waals surface area contributed by atoms with Crippen molar-refractivity contribution < 1.29 is 24.3 Å². The summed E-state index contributed by atoms with van der Waals surface area (Å²) < 4.78 is 0. The lowest BCUT2D eigenvalue weighted by Crippen LogP contribution is -2.53. The first-order valence-electron chi connectivity index (χ1n) is 17.0. The van der Waals surface area contributed by atoms with Gasteiger partial charge in [0.05, 0.1) is 5.56 Å². The number of carbonyl (C=O) groups excluding carboxylic acids is 3. The van der Waals surface area contributed by atoms with Crippen molar-refractivity contribution in [3.63, 3.8) is 0 Å². The molecule has 0 aliphatic rings. The maximum atomic E-state index is 14.6. The molecule has 254 valence electrons. The number of amides is 3. The molecule has 9 nitrogen and oxygen atoms in total. The highest BCUT2D eigenvalue weighted by molar-refractivity contribution is 6.09. The Labute approximate surface area is 286 Å².